The Bertz CT molecular complexity index is 711. The summed E-state index contributed by atoms with van der Waals surface area (Å²) in [5, 5.41) is 4.22. The number of methoxy groups -OCH3 is 1. The van der Waals surface area contributed by atoms with E-state index in [4.69, 9.17) is 9.47 Å². The first kappa shape index (κ1) is 15.4. The minimum absolute atomic E-state index is 0.0354. The number of aromatic nitrogens is 2. The Kier molecular flexibility index (Phi) is 4.23. The molecular formula is C17H21N3O3. The number of aryl methyl sites for hydroxylation is 2. The van der Waals surface area contributed by atoms with Crippen molar-refractivity contribution in [3.8, 4) is 11.5 Å². The number of carbonyl (C=O) groups is 1. The van der Waals surface area contributed by atoms with Crippen LogP contribution < -0.4 is 14.4 Å². The van der Waals surface area contributed by atoms with E-state index in [0.717, 1.165) is 11.3 Å². The third-order valence-corrected chi connectivity index (χ3v) is 3.84. The number of fused-ring (bicyclic) bond motifs is 1. The van der Waals surface area contributed by atoms with Crippen LogP contribution in [0.4, 0.5) is 5.69 Å². The van der Waals surface area contributed by atoms with Crippen molar-refractivity contribution in [2.75, 3.05) is 18.6 Å². The van der Waals surface area contributed by atoms with E-state index in [1.165, 1.54) is 0 Å². The summed E-state index contributed by atoms with van der Waals surface area (Å²) in [5.41, 5.74) is 1.86. The number of carbonyl (C=O) groups excluding carboxylic acids is 1. The highest BCUT2D eigenvalue weighted by molar-refractivity contribution is 5.95. The highest BCUT2D eigenvalue weighted by atomic mass is 16.5. The smallest absolute Gasteiger partial charge is 0.229 e. The first-order chi connectivity index (χ1) is 11.1. The molecule has 1 unspecified atom stereocenters. The summed E-state index contributed by atoms with van der Waals surface area (Å²) < 4.78 is 12.9. The van der Waals surface area contributed by atoms with Crippen LogP contribution in [-0.2, 0) is 11.3 Å². The van der Waals surface area contributed by atoms with Crippen molar-refractivity contribution in [1.82, 2.24) is 9.78 Å². The second-order valence-electron chi connectivity index (χ2n) is 5.80. The zero-order valence-electron chi connectivity index (χ0n) is 13.7. The molecule has 1 aromatic carbocycles. The number of nitrogens with zero attached hydrogens (tertiary/aromatic N) is 3. The molecule has 1 aromatic heterocycles. The van der Waals surface area contributed by atoms with Crippen molar-refractivity contribution in [1.29, 1.82) is 0 Å². The van der Waals surface area contributed by atoms with Gasteiger partial charge in [0.05, 0.1) is 25.5 Å². The second kappa shape index (κ2) is 6.32. The van der Waals surface area contributed by atoms with Gasteiger partial charge in [0.1, 0.15) is 17.6 Å². The third kappa shape index (κ3) is 3.31. The normalized spacial score (nSPS) is 16.7. The van der Waals surface area contributed by atoms with Crippen molar-refractivity contribution in [2.24, 2.45) is 0 Å². The lowest BCUT2D eigenvalue weighted by atomic mass is 10.1. The molecule has 0 bridgehead atoms. The summed E-state index contributed by atoms with van der Waals surface area (Å²) in [6, 6.07) is 5.53. The molecule has 0 fully saturated rings. The summed E-state index contributed by atoms with van der Waals surface area (Å²) in [7, 11) is 1.61. The third-order valence-electron chi connectivity index (χ3n) is 3.84. The Morgan fingerprint density at radius 3 is 3.00 bits per heavy atom. The van der Waals surface area contributed by atoms with Gasteiger partial charge in [-0.25, -0.2) is 0 Å². The fourth-order valence-corrected chi connectivity index (χ4v) is 2.71. The van der Waals surface area contributed by atoms with E-state index in [9.17, 15) is 4.79 Å². The molecule has 1 aliphatic rings. The van der Waals surface area contributed by atoms with E-state index >= 15 is 0 Å². The molecule has 6 nitrogen and oxygen atoms in total. The molecule has 0 saturated carbocycles. The number of hydrogen-bond donors (Lipinski definition) is 0. The van der Waals surface area contributed by atoms with Crippen LogP contribution in [0, 0.1) is 6.92 Å². The number of amides is 1. The second-order valence-corrected chi connectivity index (χ2v) is 5.80. The van der Waals surface area contributed by atoms with Crippen LogP contribution in [0.3, 0.4) is 0 Å². The van der Waals surface area contributed by atoms with E-state index in [-0.39, 0.29) is 12.0 Å². The van der Waals surface area contributed by atoms with Gasteiger partial charge in [0.25, 0.3) is 0 Å². The number of rotatable bonds is 4. The van der Waals surface area contributed by atoms with E-state index < -0.39 is 0 Å². The zero-order chi connectivity index (χ0) is 16.4. The summed E-state index contributed by atoms with van der Waals surface area (Å²) in [5.74, 6) is 1.48. The molecule has 0 aliphatic carbocycles. The summed E-state index contributed by atoms with van der Waals surface area (Å²) in [6.45, 7) is 5.05. The molecule has 0 saturated heterocycles. The van der Waals surface area contributed by atoms with Gasteiger partial charge in [0.15, 0.2) is 0 Å². The molecule has 2 aromatic rings. The number of hydrogen-bond acceptors (Lipinski definition) is 4. The van der Waals surface area contributed by atoms with Crippen LogP contribution in [0.2, 0.25) is 0 Å². The first-order valence-electron chi connectivity index (χ1n) is 7.71. The highest BCUT2D eigenvalue weighted by Gasteiger charge is 2.27. The number of benzene rings is 1. The fourth-order valence-electron chi connectivity index (χ4n) is 2.71. The van der Waals surface area contributed by atoms with Gasteiger partial charge in [-0.2, -0.15) is 5.10 Å². The maximum absolute atomic E-state index is 12.7. The Balaban J connectivity index is 1.77. The van der Waals surface area contributed by atoms with Crippen LogP contribution in [0.15, 0.2) is 30.6 Å². The molecule has 1 amide bonds. The Labute approximate surface area is 135 Å². The highest BCUT2D eigenvalue weighted by Crippen LogP contribution is 2.36. The predicted molar refractivity (Wildman–Crippen MR) is 87.0 cm³/mol. The molecule has 122 valence electrons. The maximum atomic E-state index is 12.7. The van der Waals surface area contributed by atoms with Gasteiger partial charge < -0.3 is 14.4 Å². The van der Waals surface area contributed by atoms with Gasteiger partial charge in [0.2, 0.25) is 5.91 Å². The van der Waals surface area contributed by atoms with Gasteiger partial charge in [-0.1, -0.05) is 0 Å². The van der Waals surface area contributed by atoms with Crippen molar-refractivity contribution in [2.45, 2.75) is 32.9 Å². The van der Waals surface area contributed by atoms with Crippen molar-refractivity contribution >= 4 is 11.6 Å². The molecule has 0 N–H and O–H groups in total. The largest absolute Gasteiger partial charge is 0.497 e. The quantitative estimate of drug-likeness (QED) is 0.869. The van der Waals surface area contributed by atoms with E-state index in [1.807, 2.05) is 38.2 Å². The lowest BCUT2D eigenvalue weighted by molar-refractivity contribution is -0.119. The molecule has 0 radical (unpaired) electrons. The molecule has 23 heavy (non-hydrogen) atoms. The number of anilines is 1. The zero-order valence-corrected chi connectivity index (χ0v) is 13.7. The van der Waals surface area contributed by atoms with Gasteiger partial charge in [0, 0.05) is 25.2 Å². The maximum Gasteiger partial charge on any atom is 0.229 e. The average molecular weight is 315 g/mol. The Hall–Kier alpha value is -2.50. The van der Waals surface area contributed by atoms with Crippen molar-refractivity contribution in [3.63, 3.8) is 0 Å². The minimum atomic E-state index is -0.0354. The van der Waals surface area contributed by atoms with E-state index in [1.54, 1.807) is 22.9 Å². The lowest BCUT2D eigenvalue weighted by Crippen LogP contribution is -2.42. The van der Waals surface area contributed by atoms with Gasteiger partial charge in [-0.15, -0.1) is 0 Å². The van der Waals surface area contributed by atoms with E-state index in [2.05, 4.69) is 5.10 Å². The van der Waals surface area contributed by atoms with Crippen molar-refractivity contribution < 1.29 is 14.3 Å². The van der Waals surface area contributed by atoms with Crippen LogP contribution >= 0.6 is 0 Å². The molecule has 2 heterocycles. The van der Waals surface area contributed by atoms with E-state index in [0.29, 0.717) is 31.0 Å². The predicted octanol–water partition coefficient (Wildman–Crippen LogP) is 2.40. The first-order valence-corrected chi connectivity index (χ1v) is 7.71. The standard InChI is InChI=1S/C17H21N3O3/c1-12-9-18-19(10-12)7-6-17(21)20-11-13(2)23-16-5-4-14(22-3)8-15(16)20/h4-5,8-10,13H,6-7,11H2,1-3H3. The number of ether oxygens (including phenoxy) is 2. The molecule has 1 aliphatic heterocycles. The topological polar surface area (TPSA) is 56.6 Å². The molecule has 3 rings (SSSR count). The van der Waals surface area contributed by atoms with Gasteiger partial charge in [-0.05, 0) is 31.5 Å². The molecule has 0 spiro atoms. The summed E-state index contributed by atoms with van der Waals surface area (Å²) >= 11 is 0. The van der Waals surface area contributed by atoms with Gasteiger partial charge >= 0.3 is 0 Å². The molecule has 1 atom stereocenters. The SMILES string of the molecule is COc1ccc2c(c1)N(C(=O)CCn1cc(C)cn1)CC(C)O2. The molecule has 6 heteroatoms. The Morgan fingerprint density at radius 1 is 1.48 bits per heavy atom. The fraction of sp³-hybridized carbons (Fsp3) is 0.412. The summed E-state index contributed by atoms with van der Waals surface area (Å²) in [4.78, 5) is 14.5. The van der Waals surface area contributed by atoms with Crippen LogP contribution in [0.25, 0.3) is 0 Å². The minimum Gasteiger partial charge on any atom is -0.497 e. The van der Waals surface area contributed by atoms with Crippen molar-refractivity contribution in [3.05, 3.63) is 36.2 Å². The molecular weight excluding hydrogens is 294 g/mol. The monoisotopic (exact) mass is 315 g/mol. The van der Waals surface area contributed by atoms with Gasteiger partial charge in [-0.3, -0.25) is 9.48 Å². The van der Waals surface area contributed by atoms with Crippen LogP contribution in [0.1, 0.15) is 18.9 Å². The summed E-state index contributed by atoms with van der Waals surface area (Å²) in [6.07, 6.45) is 4.09. The lowest BCUT2D eigenvalue weighted by Gasteiger charge is -2.33. The Morgan fingerprint density at radius 2 is 2.30 bits per heavy atom. The average Bonchev–Trinajstić information content (AvgIpc) is 2.96. The van der Waals surface area contributed by atoms with Crippen LogP contribution in [0.5, 0.6) is 11.5 Å². The van der Waals surface area contributed by atoms with Crippen LogP contribution in [-0.4, -0.2) is 35.4 Å².